The van der Waals surface area contributed by atoms with Gasteiger partial charge in [-0.15, -0.1) is 0 Å². The topological polar surface area (TPSA) is 82.6 Å². The van der Waals surface area contributed by atoms with Gasteiger partial charge >= 0.3 is 0 Å². The summed E-state index contributed by atoms with van der Waals surface area (Å²) in [5, 5.41) is 6.39. The van der Waals surface area contributed by atoms with Crippen molar-refractivity contribution in [2.24, 2.45) is 10.9 Å². The SMILES string of the molecule is CCS(=O)(=O)NCCNC(=NC)NC(C)CCC(C)C. The minimum Gasteiger partial charge on any atom is -0.355 e. The first-order valence-electron chi connectivity index (χ1n) is 7.25. The van der Waals surface area contributed by atoms with Gasteiger partial charge in [0.05, 0.1) is 5.75 Å². The summed E-state index contributed by atoms with van der Waals surface area (Å²) < 4.78 is 25.0. The quantitative estimate of drug-likeness (QED) is 0.336. The molecular formula is C13H30N4O2S. The molecule has 20 heavy (non-hydrogen) atoms. The van der Waals surface area contributed by atoms with Gasteiger partial charge in [0.15, 0.2) is 5.96 Å². The molecule has 0 spiro atoms. The summed E-state index contributed by atoms with van der Waals surface area (Å²) in [7, 11) is -1.41. The second-order valence-electron chi connectivity index (χ2n) is 5.31. The Kier molecular flexibility index (Phi) is 9.58. The predicted molar refractivity (Wildman–Crippen MR) is 85.5 cm³/mol. The minimum absolute atomic E-state index is 0.103. The third-order valence-electron chi connectivity index (χ3n) is 2.90. The Morgan fingerprint density at radius 2 is 1.80 bits per heavy atom. The molecule has 0 amide bonds. The fourth-order valence-corrected chi connectivity index (χ4v) is 2.19. The van der Waals surface area contributed by atoms with E-state index < -0.39 is 10.0 Å². The fourth-order valence-electron chi connectivity index (χ4n) is 1.57. The van der Waals surface area contributed by atoms with Crippen LogP contribution in [0.15, 0.2) is 4.99 Å². The largest absolute Gasteiger partial charge is 0.355 e. The van der Waals surface area contributed by atoms with Crippen molar-refractivity contribution in [3.8, 4) is 0 Å². The van der Waals surface area contributed by atoms with Crippen LogP contribution in [0.2, 0.25) is 0 Å². The lowest BCUT2D eigenvalue weighted by molar-refractivity contribution is 0.489. The van der Waals surface area contributed by atoms with Gasteiger partial charge in [-0.1, -0.05) is 13.8 Å². The van der Waals surface area contributed by atoms with Crippen molar-refractivity contribution in [1.29, 1.82) is 0 Å². The Bertz CT molecular complexity index is 380. The van der Waals surface area contributed by atoms with Crippen molar-refractivity contribution in [3.05, 3.63) is 0 Å². The van der Waals surface area contributed by atoms with Gasteiger partial charge in [0.1, 0.15) is 0 Å². The first kappa shape index (κ1) is 19.2. The summed E-state index contributed by atoms with van der Waals surface area (Å²) in [4.78, 5) is 4.13. The molecule has 1 unspecified atom stereocenters. The molecule has 0 heterocycles. The van der Waals surface area contributed by atoms with Crippen molar-refractivity contribution in [1.82, 2.24) is 15.4 Å². The molecule has 0 radical (unpaired) electrons. The van der Waals surface area contributed by atoms with Crippen LogP contribution in [-0.4, -0.2) is 46.3 Å². The zero-order valence-electron chi connectivity index (χ0n) is 13.4. The van der Waals surface area contributed by atoms with Crippen LogP contribution in [0.4, 0.5) is 0 Å². The third kappa shape index (κ3) is 10.0. The molecule has 0 aromatic heterocycles. The summed E-state index contributed by atoms with van der Waals surface area (Å²) in [5.74, 6) is 1.50. The van der Waals surface area contributed by atoms with E-state index in [-0.39, 0.29) is 5.75 Å². The molecule has 120 valence electrons. The Morgan fingerprint density at radius 1 is 1.15 bits per heavy atom. The smallest absolute Gasteiger partial charge is 0.211 e. The fraction of sp³-hybridized carbons (Fsp3) is 0.923. The maximum absolute atomic E-state index is 11.3. The summed E-state index contributed by atoms with van der Waals surface area (Å²) in [6.45, 7) is 9.02. The van der Waals surface area contributed by atoms with E-state index in [1.807, 2.05) is 0 Å². The monoisotopic (exact) mass is 306 g/mol. The number of hydrogen-bond donors (Lipinski definition) is 3. The molecule has 0 aromatic rings. The predicted octanol–water partition coefficient (Wildman–Crippen LogP) is 0.915. The van der Waals surface area contributed by atoms with Crippen LogP contribution < -0.4 is 15.4 Å². The van der Waals surface area contributed by atoms with Crippen LogP contribution in [0.1, 0.15) is 40.5 Å². The zero-order chi connectivity index (χ0) is 15.6. The Hall–Kier alpha value is -0.820. The molecule has 1 atom stereocenters. The molecule has 0 saturated carbocycles. The molecule has 0 aliphatic carbocycles. The highest BCUT2D eigenvalue weighted by atomic mass is 32.2. The number of nitrogens with one attached hydrogen (secondary N) is 3. The van der Waals surface area contributed by atoms with Gasteiger partial charge in [-0.2, -0.15) is 0 Å². The molecule has 0 bridgehead atoms. The Labute approximate surface area is 123 Å². The number of sulfonamides is 1. The van der Waals surface area contributed by atoms with E-state index in [1.165, 1.54) is 6.42 Å². The number of guanidine groups is 1. The maximum Gasteiger partial charge on any atom is 0.211 e. The van der Waals surface area contributed by atoms with Gasteiger partial charge in [-0.25, -0.2) is 13.1 Å². The van der Waals surface area contributed by atoms with E-state index in [0.717, 1.165) is 6.42 Å². The van der Waals surface area contributed by atoms with Crippen LogP contribution >= 0.6 is 0 Å². The highest BCUT2D eigenvalue weighted by molar-refractivity contribution is 7.89. The number of hydrogen-bond acceptors (Lipinski definition) is 3. The van der Waals surface area contributed by atoms with Crippen molar-refractivity contribution in [2.45, 2.75) is 46.6 Å². The van der Waals surface area contributed by atoms with E-state index in [1.54, 1.807) is 14.0 Å². The van der Waals surface area contributed by atoms with Crippen molar-refractivity contribution < 1.29 is 8.42 Å². The molecule has 0 aromatic carbocycles. The average molecular weight is 306 g/mol. The molecule has 0 saturated heterocycles. The van der Waals surface area contributed by atoms with Gasteiger partial charge in [-0.3, -0.25) is 4.99 Å². The van der Waals surface area contributed by atoms with Gasteiger partial charge in [0.2, 0.25) is 10.0 Å². The molecular weight excluding hydrogens is 276 g/mol. The standard InChI is InChI=1S/C13H30N4O2S/c1-6-20(18,19)16-10-9-15-13(14-5)17-12(4)8-7-11(2)3/h11-12,16H,6-10H2,1-5H3,(H2,14,15,17). The zero-order valence-corrected chi connectivity index (χ0v) is 14.2. The second-order valence-corrected chi connectivity index (χ2v) is 7.41. The van der Waals surface area contributed by atoms with E-state index in [9.17, 15) is 8.42 Å². The first-order chi connectivity index (χ1) is 9.30. The van der Waals surface area contributed by atoms with Gasteiger partial charge in [0.25, 0.3) is 0 Å². The molecule has 7 heteroatoms. The molecule has 0 rings (SSSR count). The summed E-state index contributed by atoms with van der Waals surface area (Å²) in [6, 6.07) is 0.343. The van der Waals surface area contributed by atoms with Crippen molar-refractivity contribution >= 4 is 16.0 Å². The normalized spacial score (nSPS) is 14.4. The van der Waals surface area contributed by atoms with Crippen LogP contribution in [0.25, 0.3) is 0 Å². The lowest BCUT2D eigenvalue weighted by Gasteiger charge is -2.18. The lowest BCUT2D eigenvalue weighted by atomic mass is 10.0. The number of aliphatic imine (C=N–C) groups is 1. The van der Waals surface area contributed by atoms with E-state index in [0.29, 0.717) is 31.0 Å². The Morgan fingerprint density at radius 3 is 2.30 bits per heavy atom. The van der Waals surface area contributed by atoms with Crippen molar-refractivity contribution in [2.75, 3.05) is 25.9 Å². The van der Waals surface area contributed by atoms with Gasteiger partial charge in [-0.05, 0) is 32.6 Å². The van der Waals surface area contributed by atoms with Gasteiger partial charge in [0, 0.05) is 26.2 Å². The van der Waals surface area contributed by atoms with Gasteiger partial charge < -0.3 is 10.6 Å². The van der Waals surface area contributed by atoms with Crippen LogP contribution in [-0.2, 0) is 10.0 Å². The second kappa shape index (κ2) is 9.99. The third-order valence-corrected chi connectivity index (χ3v) is 4.31. The maximum atomic E-state index is 11.3. The molecule has 0 aliphatic heterocycles. The van der Waals surface area contributed by atoms with E-state index in [2.05, 4.69) is 41.1 Å². The van der Waals surface area contributed by atoms with Crippen molar-refractivity contribution in [3.63, 3.8) is 0 Å². The summed E-state index contributed by atoms with van der Waals surface area (Å²) >= 11 is 0. The average Bonchev–Trinajstić information content (AvgIpc) is 2.39. The Balaban J connectivity index is 3.94. The summed E-state index contributed by atoms with van der Waals surface area (Å²) in [5.41, 5.74) is 0. The first-order valence-corrected chi connectivity index (χ1v) is 8.90. The molecule has 6 nitrogen and oxygen atoms in total. The van der Waals surface area contributed by atoms with Crippen LogP contribution in [0.3, 0.4) is 0 Å². The minimum atomic E-state index is -3.12. The van der Waals surface area contributed by atoms with Crippen LogP contribution in [0.5, 0.6) is 0 Å². The molecule has 0 aliphatic rings. The number of rotatable bonds is 9. The number of nitrogens with zero attached hydrogens (tertiary/aromatic N) is 1. The lowest BCUT2D eigenvalue weighted by Crippen LogP contribution is -2.45. The summed E-state index contributed by atoms with van der Waals surface area (Å²) in [6.07, 6.45) is 2.25. The van der Waals surface area contributed by atoms with E-state index >= 15 is 0 Å². The van der Waals surface area contributed by atoms with Crippen LogP contribution in [0, 0.1) is 5.92 Å². The highest BCUT2D eigenvalue weighted by Crippen LogP contribution is 2.05. The van der Waals surface area contributed by atoms with E-state index in [4.69, 9.17) is 0 Å². The molecule has 0 fully saturated rings. The highest BCUT2D eigenvalue weighted by Gasteiger charge is 2.07. The molecule has 3 N–H and O–H groups in total.